The van der Waals surface area contributed by atoms with E-state index < -0.39 is 0 Å². The molecule has 1 aromatic rings. The topological polar surface area (TPSA) is 15.3 Å². The summed E-state index contributed by atoms with van der Waals surface area (Å²) in [6, 6.07) is 6.96. The summed E-state index contributed by atoms with van der Waals surface area (Å²) < 4.78 is 0. The van der Waals surface area contributed by atoms with Crippen LogP contribution in [0, 0.1) is 5.92 Å². The lowest BCUT2D eigenvalue weighted by atomic mass is 9.89. The summed E-state index contributed by atoms with van der Waals surface area (Å²) in [4.78, 5) is 2.33. The van der Waals surface area contributed by atoms with Crippen LogP contribution < -0.4 is 10.2 Å². The standard InChI is InChI=1S/C18H29ClN2/c1-14(2)20-12-16-9-10-18(17(19)11-16)21(3)13-15-7-5-4-6-8-15/h9-11,14-15,20H,4-8,12-13H2,1-3H3. The van der Waals surface area contributed by atoms with Gasteiger partial charge in [-0.2, -0.15) is 0 Å². The number of rotatable bonds is 6. The Morgan fingerprint density at radius 1 is 1.24 bits per heavy atom. The second-order valence-electron chi connectivity index (χ2n) is 6.71. The first-order valence-corrected chi connectivity index (χ1v) is 8.67. The highest BCUT2D eigenvalue weighted by Crippen LogP contribution is 2.30. The van der Waals surface area contributed by atoms with E-state index in [9.17, 15) is 0 Å². The fourth-order valence-corrected chi connectivity index (χ4v) is 3.49. The van der Waals surface area contributed by atoms with E-state index in [1.165, 1.54) is 37.7 Å². The molecule has 1 aliphatic rings. The molecule has 1 fully saturated rings. The lowest BCUT2D eigenvalue weighted by Crippen LogP contribution is -2.27. The fraction of sp³-hybridized carbons (Fsp3) is 0.667. The third-order valence-corrected chi connectivity index (χ3v) is 4.70. The zero-order valence-corrected chi connectivity index (χ0v) is 14.4. The fourth-order valence-electron chi connectivity index (χ4n) is 3.15. The molecule has 1 aromatic carbocycles. The van der Waals surface area contributed by atoms with Crippen molar-refractivity contribution in [2.75, 3.05) is 18.5 Å². The summed E-state index contributed by atoms with van der Waals surface area (Å²) in [5.74, 6) is 0.835. The van der Waals surface area contributed by atoms with Crippen LogP contribution in [0.3, 0.4) is 0 Å². The highest BCUT2D eigenvalue weighted by molar-refractivity contribution is 6.33. The second-order valence-corrected chi connectivity index (χ2v) is 7.11. The molecule has 0 saturated heterocycles. The summed E-state index contributed by atoms with van der Waals surface area (Å²) in [6.07, 6.45) is 6.95. The first-order valence-electron chi connectivity index (χ1n) is 8.29. The molecule has 21 heavy (non-hydrogen) atoms. The van der Waals surface area contributed by atoms with E-state index in [2.05, 4.69) is 49.3 Å². The van der Waals surface area contributed by atoms with Crippen LogP contribution in [0.4, 0.5) is 5.69 Å². The first kappa shape index (κ1) is 16.6. The number of nitrogens with one attached hydrogen (secondary N) is 1. The smallest absolute Gasteiger partial charge is 0.0642 e. The average molecular weight is 309 g/mol. The van der Waals surface area contributed by atoms with Gasteiger partial charge in [0.15, 0.2) is 0 Å². The predicted octanol–water partition coefficient (Wildman–Crippen LogP) is 4.85. The molecular formula is C18H29ClN2. The van der Waals surface area contributed by atoms with Crippen molar-refractivity contribution >= 4 is 17.3 Å². The number of hydrogen-bond donors (Lipinski definition) is 1. The molecule has 1 N–H and O–H groups in total. The van der Waals surface area contributed by atoms with Gasteiger partial charge in [-0.15, -0.1) is 0 Å². The third kappa shape index (κ3) is 5.19. The summed E-state index contributed by atoms with van der Waals surface area (Å²) in [7, 11) is 2.17. The van der Waals surface area contributed by atoms with E-state index >= 15 is 0 Å². The molecule has 1 saturated carbocycles. The van der Waals surface area contributed by atoms with Crippen molar-refractivity contribution in [2.45, 2.75) is 58.5 Å². The van der Waals surface area contributed by atoms with E-state index in [1.54, 1.807) is 0 Å². The van der Waals surface area contributed by atoms with E-state index in [0.717, 1.165) is 29.7 Å². The van der Waals surface area contributed by atoms with Gasteiger partial charge >= 0.3 is 0 Å². The van der Waals surface area contributed by atoms with Crippen LogP contribution in [0.2, 0.25) is 5.02 Å². The van der Waals surface area contributed by atoms with Gasteiger partial charge in [-0.3, -0.25) is 0 Å². The van der Waals surface area contributed by atoms with Crippen molar-refractivity contribution < 1.29 is 0 Å². The normalized spacial score (nSPS) is 16.4. The van der Waals surface area contributed by atoms with E-state index in [1.807, 2.05) is 0 Å². The summed E-state index contributed by atoms with van der Waals surface area (Å²) >= 11 is 6.49. The van der Waals surface area contributed by atoms with Crippen LogP contribution in [-0.4, -0.2) is 19.6 Å². The predicted molar refractivity (Wildman–Crippen MR) is 93.3 cm³/mol. The molecule has 0 amide bonds. The van der Waals surface area contributed by atoms with Crippen LogP contribution in [-0.2, 0) is 6.54 Å². The van der Waals surface area contributed by atoms with Crippen molar-refractivity contribution in [2.24, 2.45) is 5.92 Å². The Hall–Kier alpha value is -0.730. The molecule has 2 rings (SSSR count). The monoisotopic (exact) mass is 308 g/mol. The van der Waals surface area contributed by atoms with E-state index in [4.69, 9.17) is 11.6 Å². The molecule has 118 valence electrons. The Bertz CT molecular complexity index is 439. The lowest BCUT2D eigenvalue weighted by Gasteiger charge is -2.29. The first-order chi connectivity index (χ1) is 10.1. The van der Waals surface area contributed by atoms with Gasteiger partial charge in [0.05, 0.1) is 10.7 Å². The van der Waals surface area contributed by atoms with Gasteiger partial charge in [-0.25, -0.2) is 0 Å². The number of anilines is 1. The van der Waals surface area contributed by atoms with Crippen LogP contribution in [0.15, 0.2) is 18.2 Å². The minimum absolute atomic E-state index is 0.498. The highest BCUT2D eigenvalue weighted by Gasteiger charge is 2.16. The summed E-state index contributed by atoms with van der Waals surface area (Å²) in [5.41, 5.74) is 2.42. The van der Waals surface area contributed by atoms with Gasteiger partial charge in [0.2, 0.25) is 0 Å². The molecule has 1 aliphatic carbocycles. The van der Waals surface area contributed by atoms with Crippen LogP contribution in [0.25, 0.3) is 0 Å². The van der Waals surface area contributed by atoms with Crippen LogP contribution in [0.5, 0.6) is 0 Å². The maximum atomic E-state index is 6.49. The van der Waals surface area contributed by atoms with Crippen LogP contribution >= 0.6 is 11.6 Å². The molecule has 3 heteroatoms. The molecule has 0 heterocycles. The largest absolute Gasteiger partial charge is 0.373 e. The minimum Gasteiger partial charge on any atom is -0.373 e. The molecule has 2 nitrogen and oxygen atoms in total. The van der Waals surface area contributed by atoms with Crippen LogP contribution in [0.1, 0.15) is 51.5 Å². The van der Waals surface area contributed by atoms with Gasteiger partial charge in [0, 0.05) is 26.2 Å². The Labute approximate surface area is 134 Å². The SMILES string of the molecule is CC(C)NCc1ccc(N(C)CC2CCCCC2)c(Cl)c1. The van der Waals surface area contributed by atoms with Gasteiger partial charge in [-0.1, -0.05) is 50.8 Å². The number of hydrogen-bond acceptors (Lipinski definition) is 2. The summed E-state index contributed by atoms with van der Waals surface area (Å²) in [5, 5.41) is 4.30. The minimum atomic E-state index is 0.498. The molecule has 0 unspecified atom stereocenters. The molecule has 0 atom stereocenters. The van der Waals surface area contributed by atoms with Gasteiger partial charge in [0.1, 0.15) is 0 Å². The second kappa shape index (κ2) is 8.05. The lowest BCUT2D eigenvalue weighted by molar-refractivity contribution is 0.362. The molecular weight excluding hydrogens is 280 g/mol. The summed E-state index contributed by atoms with van der Waals surface area (Å²) in [6.45, 7) is 6.33. The number of benzene rings is 1. The maximum absolute atomic E-state index is 6.49. The molecule has 0 radical (unpaired) electrons. The maximum Gasteiger partial charge on any atom is 0.0642 e. The number of nitrogens with zero attached hydrogens (tertiary/aromatic N) is 1. The Morgan fingerprint density at radius 3 is 2.57 bits per heavy atom. The van der Waals surface area contributed by atoms with E-state index in [0.29, 0.717) is 6.04 Å². The molecule has 0 aliphatic heterocycles. The van der Waals surface area contributed by atoms with Gasteiger partial charge in [0.25, 0.3) is 0 Å². The van der Waals surface area contributed by atoms with Gasteiger partial charge in [-0.05, 0) is 36.5 Å². The Balaban J connectivity index is 1.95. The molecule has 0 aromatic heterocycles. The zero-order valence-electron chi connectivity index (χ0n) is 13.7. The Kier molecular flexibility index (Phi) is 6.38. The molecule has 0 spiro atoms. The van der Waals surface area contributed by atoms with Crippen molar-refractivity contribution in [1.29, 1.82) is 0 Å². The zero-order chi connectivity index (χ0) is 15.2. The quantitative estimate of drug-likeness (QED) is 0.807. The van der Waals surface area contributed by atoms with Crippen molar-refractivity contribution in [3.05, 3.63) is 28.8 Å². The number of halogens is 1. The molecule has 0 bridgehead atoms. The van der Waals surface area contributed by atoms with E-state index in [-0.39, 0.29) is 0 Å². The highest BCUT2D eigenvalue weighted by atomic mass is 35.5. The third-order valence-electron chi connectivity index (χ3n) is 4.39. The van der Waals surface area contributed by atoms with Crippen molar-refractivity contribution in [1.82, 2.24) is 5.32 Å². The van der Waals surface area contributed by atoms with Crippen molar-refractivity contribution in [3.8, 4) is 0 Å². The average Bonchev–Trinajstić information content (AvgIpc) is 2.46. The Morgan fingerprint density at radius 2 is 1.95 bits per heavy atom. The van der Waals surface area contributed by atoms with Gasteiger partial charge < -0.3 is 10.2 Å². The van der Waals surface area contributed by atoms with Crippen molar-refractivity contribution in [3.63, 3.8) is 0 Å².